The summed E-state index contributed by atoms with van der Waals surface area (Å²) in [5.74, 6) is 1.06. The van der Waals surface area contributed by atoms with Gasteiger partial charge in [0.15, 0.2) is 10.9 Å². The van der Waals surface area contributed by atoms with Crippen molar-refractivity contribution in [1.82, 2.24) is 20.1 Å². The highest BCUT2D eigenvalue weighted by molar-refractivity contribution is 7.99. The first-order valence-corrected chi connectivity index (χ1v) is 9.70. The third kappa shape index (κ3) is 4.46. The average Bonchev–Trinajstić information content (AvgIpc) is 3.24. The highest BCUT2D eigenvalue weighted by Crippen LogP contribution is 2.26. The number of rotatable bonds is 7. The summed E-state index contributed by atoms with van der Waals surface area (Å²) >= 11 is 1.23. The van der Waals surface area contributed by atoms with Crippen LogP contribution in [-0.4, -0.2) is 38.4 Å². The molecule has 0 unspecified atom stereocenters. The molecule has 2 heterocycles. The Kier molecular flexibility index (Phi) is 5.97. The number of carbonyl (C=O) groups is 2. The molecule has 0 aromatic carbocycles. The molecule has 2 aromatic heterocycles. The largest absolute Gasteiger partial charge is 0.461 e. The molecular weight excluding hydrogens is 354 g/mol. The second-order valence-electron chi connectivity index (χ2n) is 6.56. The molecule has 140 valence electrons. The van der Waals surface area contributed by atoms with Crippen LogP contribution in [0.1, 0.15) is 32.6 Å². The molecule has 1 saturated carbocycles. The number of nitrogens with two attached hydrogens (primary N) is 1. The van der Waals surface area contributed by atoms with Crippen LogP contribution in [0.3, 0.4) is 0 Å². The van der Waals surface area contributed by atoms with Crippen LogP contribution in [-0.2, 0) is 16.1 Å². The zero-order valence-electron chi connectivity index (χ0n) is 14.7. The van der Waals surface area contributed by atoms with Crippen LogP contribution in [0.2, 0.25) is 0 Å². The van der Waals surface area contributed by atoms with E-state index < -0.39 is 5.91 Å². The maximum absolute atomic E-state index is 12.3. The molecule has 0 spiro atoms. The van der Waals surface area contributed by atoms with Crippen molar-refractivity contribution < 1.29 is 14.0 Å². The third-order valence-corrected chi connectivity index (χ3v) is 5.53. The zero-order chi connectivity index (χ0) is 18.5. The normalized spacial score (nSPS) is 20.0. The summed E-state index contributed by atoms with van der Waals surface area (Å²) in [6, 6.07) is 3.69. The summed E-state index contributed by atoms with van der Waals surface area (Å²) in [5, 5.41) is 11.7. The minimum atomic E-state index is -0.514. The van der Waals surface area contributed by atoms with Gasteiger partial charge in [-0.2, -0.15) is 0 Å². The molecule has 26 heavy (non-hydrogen) atoms. The number of nitrogens with one attached hydrogen (secondary N) is 1. The Balaban J connectivity index is 1.65. The SMILES string of the molecule is C[C@@H]1CCCC[C@H]1NC(=O)CSc1nnc(-c2ccco2)n1CC(N)=O. The average molecular weight is 377 g/mol. The van der Waals surface area contributed by atoms with Gasteiger partial charge < -0.3 is 15.5 Å². The van der Waals surface area contributed by atoms with Gasteiger partial charge in [0.1, 0.15) is 6.54 Å². The van der Waals surface area contributed by atoms with Crippen LogP contribution < -0.4 is 11.1 Å². The van der Waals surface area contributed by atoms with Gasteiger partial charge in [-0.15, -0.1) is 10.2 Å². The number of furan rings is 1. The lowest BCUT2D eigenvalue weighted by molar-refractivity contribution is -0.120. The predicted molar refractivity (Wildman–Crippen MR) is 97.2 cm³/mol. The van der Waals surface area contributed by atoms with E-state index in [4.69, 9.17) is 10.2 Å². The Hall–Kier alpha value is -2.29. The van der Waals surface area contributed by atoms with E-state index in [1.54, 1.807) is 16.7 Å². The first-order valence-electron chi connectivity index (χ1n) is 8.72. The third-order valence-electron chi connectivity index (χ3n) is 4.56. The summed E-state index contributed by atoms with van der Waals surface area (Å²) in [4.78, 5) is 23.7. The van der Waals surface area contributed by atoms with Gasteiger partial charge in [0.25, 0.3) is 0 Å². The van der Waals surface area contributed by atoms with Crippen LogP contribution in [0.4, 0.5) is 0 Å². The predicted octanol–water partition coefficient (Wildman–Crippen LogP) is 1.81. The molecule has 2 amide bonds. The van der Waals surface area contributed by atoms with Crippen LogP contribution >= 0.6 is 11.8 Å². The van der Waals surface area contributed by atoms with Crippen molar-refractivity contribution in [3.05, 3.63) is 18.4 Å². The Labute approximate surface area is 155 Å². The Morgan fingerprint density at radius 3 is 2.88 bits per heavy atom. The molecule has 0 saturated heterocycles. The van der Waals surface area contributed by atoms with Gasteiger partial charge in [-0.25, -0.2) is 0 Å². The van der Waals surface area contributed by atoms with Crippen molar-refractivity contribution in [2.24, 2.45) is 11.7 Å². The summed E-state index contributed by atoms with van der Waals surface area (Å²) in [7, 11) is 0. The molecule has 1 aliphatic rings. The monoisotopic (exact) mass is 377 g/mol. The van der Waals surface area contributed by atoms with E-state index in [1.807, 2.05) is 0 Å². The lowest BCUT2D eigenvalue weighted by Gasteiger charge is -2.29. The number of primary amides is 1. The van der Waals surface area contributed by atoms with Gasteiger partial charge in [-0.05, 0) is 30.9 Å². The lowest BCUT2D eigenvalue weighted by atomic mass is 9.86. The maximum atomic E-state index is 12.3. The smallest absolute Gasteiger partial charge is 0.237 e. The van der Waals surface area contributed by atoms with Crippen molar-refractivity contribution in [1.29, 1.82) is 0 Å². The topological polar surface area (TPSA) is 116 Å². The minimum absolute atomic E-state index is 0.0399. The van der Waals surface area contributed by atoms with Gasteiger partial charge >= 0.3 is 0 Å². The van der Waals surface area contributed by atoms with Crippen LogP contribution in [0.5, 0.6) is 0 Å². The first-order chi connectivity index (χ1) is 12.5. The summed E-state index contributed by atoms with van der Waals surface area (Å²) in [6.07, 6.45) is 6.08. The molecule has 0 bridgehead atoms. The van der Waals surface area contributed by atoms with E-state index >= 15 is 0 Å². The van der Waals surface area contributed by atoms with Gasteiger partial charge in [0.05, 0.1) is 12.0 Å². The molecule has 8 nitrogen and oxygen atoms in total. The van der Waals surface area contributed by atoms with Crippen molar-refractivity contribution in [3.8, 4) is 11.6 Å². The number of nitrogens with zero attached hydrogens (tertiary/aromatic N) is 3. The molecule has 3 N–H and O–H groups in total. The van der Waals surface area contributed by atoms with E-state index in [0.717, 1.165) is 19.3 Å². The molecular formula is C17H23N5O3S. The van der Waals surface area contributed by atoms with E-state index in [1.165, 1.54) is 24.4 Å². The minimum Gasteiger partial charge on any atom is -0.461 e. The molecule has 0 radical (unpaired) electrons. The van der Waals surface area contributed by atoms with Gasteiger partial charge in [-0.1, -0.05) is 31.5 Å². The Bertz CT molecular complexity index is 759. The van der Waals surface area contributed by atoms with Crippen LogP contribution in [0, 0.1) is 5.92 Å². The highest BCUT2D eigenvalue weighted by Gasteiger charge is 2.23. The van der Waals surface area contributed by atoms with Crippen LogP contribution in [0.25, 0.3) is 11.6 Å². The second kappa shape index (κ2) is 8.39. The number of amides is 2. The van der Waals surface area contributed by atoms with Crippen molar-refractivity contribution in [2.45, 2.75) is 50.4 Å². The molecule has 1 aliphatic carbocycles. The Morgan fingerprint density at radius 1 is 1.38 bits per heavy atom. The number of aromatic nitrogens is 3. The second-order valence-corrected chi connectivity index (χ2v) is 7.50. The van der Waals surface area contributed by atoms with Gasteiger partial charge in [-0.3, -0.25) is 14.2 Å². The van der Waals surface area contributed by atoms with E-state index in [-0.39, 0.29) is 24.2 Å². The fraction of sp³-hybridized carbons (Fsp3) is 0.529. The summed E-state index contributed by atoms with van der Waals surface area (Å²) in [5.41, 5.74) is 5.34. The standard InChI is InChI=1S/C17H23N5O3S/c1-11-5-2-3-6-12(11)19-15(24)10-26-17-21-20-16(13-7-4-8-25-13)22(17)9-14(18)23/h4,7-8,11-12H,2-3,5-6,9-10H2,1H3,(H2,18,23)(H,19,24)/t11-,12-/m1/s1. The number of hydrogen-bond acceptors (Lipinski definition) is 6. The van der Waals surface area contributed by atoms with Gasteiger partial charge in [0.2, 0.25) is 17.6 Å². The van der Waals surface area contributed by atoms with Crippen molar-refractivity contribution in [2.75, 3.05) is 5.75 Å². The zero-order valence-corrected chi connectivity index (χ0v) is 15.5. The fourth-order valence-electron chi connectivity index (χ4n) is 3.19. The first kappa shape index (κ1) is 18.5. The van der Waals surface area contributed by atoms with E-state index in [0.29, 0.717) is 22.7 Å². The summed E-state index contributed by atoms with van der Waals surface area (Å²) < 4.78 is 6.90. The van der Waals surface area contributed by atoms with Gasteiger partial charge in [0, 0.05) is 6.04 Å². The van der Waals surface area contributed by atoms with Crippen molar-refractivity contribution in [3.63, 3.8) is 0 Å². The molecule has 0 aliphatic heterocycles. The number of hydrogen-bond donors (Lipinski definition) is 2. The molecule has 3 rings (SSSR count). The summed E-state index contributed by atoms with van der Waals surface area (Å²) in [6.45, 7) is 2.10. The number of thioether (sulfide) groups is 1. The van der Waals surface area contributed by atoms with Crippen molar-refractivity contribution >= 4 is 23.6 Å². The van der Waals surface area contributed by atoms with E-state index in [2.05, 4.69) is 22.4 Å². The maximum Gasteiger partial charge on any atom is 0.237 e. The fourth-order valence-corrected chi connectivity index (χ4v) is 3.94. The van der Waals surface area contributed by atoms with Crippen LogP contribution in [0.15, 0.2) is 28.0 Å². The van der Waals surface area contributed by atoms with E-state index in [9.17, 15) is 9.59 Å². The molecule has 1 fully saturated rings. The molecule has 9 heteroatoms. The number of carbonyl (C=O) groups excluding carboxylic acids is 2. The molecule has 2 aromatic rings. The molecule has 2 atom stereocenters. The highest BCUT2D eigenvalue weighted by atomic mass is 32.2. The quantitative estimate of drug-likeness (QED) is 0.711. The lowest BCUT2D eigenvalue weighted by Crippen LogP contribution is -2.41. The Morgan fingerprint density at radius 2 is 2.19 bits per heavy atom.